The van der Waals surface area contributed by atoms with Crippen molar-refractivity contribution >= 4 is 33.4 Å². The molecular formula is C20H27N3O2S. The Hall–Kier alpha value is -1.66. The van der Waals surface area contributed by atoms with Crippen molar-refractivity contribution in [2.24, 2.45) is 4.99 Å². The Morgan fingerprint density at radius 1 is 1.31 bits per heavy atom. The van der Waals surface area contributed by atoms with Crippen LogP contribution in [-0.2, 0) is 4.74 Å². The predicted molar refractivity (Wildman–Crippen MR) is 110 cm³/mol. The fraction of sp³-hybridized carbons (Fsp3) is 0.550. The molecule has 0 bridgehead atoms. The number of ether oxygens (including phenoxy) is 2. The highest BCUT2D eigenvalue weighted by Gasteiger charge is 2.21. The average Bonchev–Trinajstić information content (AvgIpc) is 3.29. The molecule has 1 aromatic heterocycles. The third kappa shape index (κ3) is 3.71. The van der Waals surface area contributed by atoms with E-state index >= 15 is 0 Å². The molecule has 2 aliphatic heterocycles. The molecule has 0 radical (unpaired) electrons. The second-order valence-electron chi connectivity index (χ2n) is 7.04. The lowest BCUT2D eigenvalue weighted by molar-refractivity contribution is 0.0905. The van der Waals surface area contributed by atoms with Gasteiger partial charge in [0, 0.05) is 36.5 Å². The highest BCUT2D eigenvalue weighted by molar-refractivity contribution is 8.14. The van der Waals surface area contributed by atoms with Crippen LogP contribution in [0.4, 0.5) is 5.69 Å². The number of thioether (sulfide) groups is 1. The summed E-state index contributed by atoms with van der Waals surface area (Å²) in [4.78, 5) is 8.52. The first-order valence-electron chi connectivity index (χ1n) is 9.53. The number of rotatable bonds is 6. The van der Waals surface area contributed by atoms with Crippen LogP contribution >= 0.6 is 11.8 Å². The summed E-state index contributed by atoms with van der Waals surface area (Å²) in [5, 5.41) is 5.99. The topological polar surface area (TPSA) is 58.6 Å². The molecule has 1 atom stereocenters. The van der Waals surface area contributed by atoms with Gasteiger partial charge >= 0.3 is 0 Å². The highest BCUT2D eigenvalue weighted by atomic mass is 32.2. The van der Waals surface area contributed by atoms with Gasteiger partial charge in [-0.15, -0.1) is 11.8 Å². The van der Waals surface area contributed by atoms with Gasteiger partial charge in [0.05, 0.1) is 30.0 Å². The maximum absolute atomic E-state index is 5.52. The molecule has 1 aromatic carbocycles. The van der Waals surface area contributed by atoms with Crippen LogP contribution in [0.5, 0.6) is 5.75 Å². The number of H-pyrrole nitrogens is 1. The summed E-state index contributed by atoms with van der Waals surface area (Å²) in [5.41, 5.74) is 3.35. The molecule has 4 rings (SSSR count). The normalized spacial score (nSPS) is 21.2. The monoisotopic (exact) mass is 373 g/mol. The van der Waals surface area contributed by atoms with Gasteiger partial charge in [-0.25, -0.2) is 0 Å². The lowest BCUT2D eigenvalue weighted by Gasteiger charge is -2.24. The molecule has 0 saturated carbocycles. The first-order valence-corrected chi connectivity index (χ1v) is 10.5. The zero-order chi connectivity index (χ0) is 17.9. The van der Waals surface area contributed by atoms with E-state index in [-0.39, 0.29) is 0 Å². The van der Waals surface area contributed by atoms with Gasteiger partial charge < -0.3 is 19.8 Å². The number of aliphatic imine (C=N–C) groups is 1. The Bertz CT molecular complexity index is 796. The van der Waals surface area contributed by atoms with Crippen LogP contribution in [0.1, 0.15) is 38.3 Å². The van der Waals surface area contributed by atoms with Gasteiger partial charge in [-0.3, -0.25) is 4.99 Å². The highest BCUT2D eigenvalue weighted by Crippen LogP contribution is 2.33. The van der Waals surface area contributed by atoms with Crippen molar-refractivity contribution in [1.29, 1.82) is 0 Å². The maximum atomic E-state index is 5.52. The molecule has 2 N–H and O–H groups in total. The van der Waals surface area contributed by atoms with Crippen LogP contribution in [0.3, 0.4) is 0 Å². The minimum absolute atomic E-state index is 0.443. The summed E-state index contributed by atoms with van der Waals surface area (Å²) < 4.78 is 11.0. The zero-order valence-corrected chi connectivity index (χ0v) is 16.3. The van der Waals surface area contributed by atoms with Gasteiger partial charge in [-0.1, -0.05) is 13.3 Å². The van der Waals surface area contributed by atoms with Crippen molar-refractivity contribution in [3.05, 3.63) is 23.9 Å². The Morgan fingerprint density at radius 2 is 2.15 bits per heavy atom. The van der Waals surface area contributed by atoms with Crippen molar-refractivity contribution < 1.29 is 9.47 Å². The zero-order valence-electron chi connectivity index (χ0n) is 15.5. The molecule has 5 nitrogen and oxygen atoms in total. The number of hydrogen-bond donors (Lipinski definition) is 2. The van der Waals surface area contributed by atoms with Gasteiger partial charge in [-0.05, 0) is 31.4 Å². The van der Waals surface area contributed by atoms with Crippen molar-refractivity contribution in [2.75, 3.05) is 31.4 Å². The lowest BCUT2D eigenvalue weighted by Crippen LogP contribution is -2.27. The molecule has 1 fully saturated rings. The summed E-state index contributed by atoms with van der Waals surface area (Å²) >= 11 is 1.86. The summed E-state index contributed by atoms with van der Waals surface area (Å²) in [6.07, 6.45) is 4.42. The summed E-state index contributed by atoms with van der Waals surface area (Å²) in [6, 6.07) is 7.28. The molecule has 140 valence electrons. The van der Waals surface area contributed by atoms with E-state index in [2.05, 4.69) is 35.4 Å². The minimum Gasteiger partial charge on any atom is -0.497 e. The van der Waals surface area contributed by atoms with E-state index in [0.717, 1.165) is 64.9 Å². The Kier molecular flexibility index (Phi) is 5.41. The van der Waals surface area contributed by atoms with E-state index in [4.69, 9.17) is 14.5 Å². The molecule has 2 aliphatic rings. The molecule has 1 unspecified atom stereocenters. The first kappa shape index (κ1) is 17.7. The molecule has 1 saturated heterocycles. The molecule has 0 aliphatic carbocycles. The second kappa shape index (κ2) is 7.92. The third-order valence-electron chi connectivity index (χ3n) is 5.08. The molecule has 6 heteroatoms. The van der Waals surface area contributed by atoms with Crippen LogP contribution in [-0.4, -0.2) is 48.2 Å². The Morgan fingerprint density at radius 3 is 2.92 bits per heavy atom. The number of nitrogens with zero attached hydrogens (tertiary/aromatic N) is 1. The van der Waals surface area contributed by atoms with Gasteiger partial charge in [0.1, 0.15) is 10.8 Å². The minimum atomic E-state index is 0.443. The van der Waals surface area contributed by atoms with Crippen LogP contribution in [0, 0.1) is 0 Å². The molecule has 3 heterocycles. The van der Waals surface area contributed by atoms with E-state index in [9.17, 15) is 0 Å². The third-order valence-corrected chi connectivity index (χ3v) is 6.23. The van der Waals surface area contributed by atoms with Gasteiger partial charge in [0.15, 0.2) is 0 Å². The number of benzene rings is 1. The Balaban J connectivity index is 1.65. The summed E-state index contributed by atoms with van der Waals surface area (Å²) in [5.74, 6) is 1.97. The quantitative estimate of drug-likeness (QED) is 0.786. The smallest absolute Gasteiger partial charge is 0.121 e. The van der Waals surface area contributed by atoms with E-state index in [1.807, 2.05) is 11.8 Å². The molecular weight excluding hydrogens is 346 g/mol. The fourth-order valence-electron chi connectivity index (χ4n) is 3.67. The average molecular weight is 374 g/mol. The first-order chi connectivity index (χ1) is 12.8. The van der Waals surface area contributed by atoms with Crippen LogP contribution in [0.2, 0.25) is 0 Å². The number of aromatic nitrogens is 1. The standard InChI is InChI=1S/C20H27N3O2S/c1-3-4-15-12-26-20(22-15)18-10-13-9-16(24-2)11-17(19(13)23-18)21-14-5-7-25-8-6-14/h9-11,14-15,21,23H,3-8,12H2,1-2H3. The van der Waals surface area contributed by atoms with E-state index in [0.29, 0.717) is 12.1 Å². The number of hydrogen-bond acceptors (Lipinski definition) is 5. The molecule has 26 heavy (non-hydrogen) atoms. The maximum Gasteiger partial charge on any atom is 0.121 e. The van der Waals surface area contributed by atoms with E-state index < -0.39 is 0 Å². The largest absolute Gasteiger partial charge is 0.497 e. The number of methoxy groups -OCH3 is 1. The summed E-state index contributed by atoms with van der Waals surface area (Å²) in [6.45, 7) is 3.88. The van der Waals surface area contributed by atoms with Crippen molar-refractivity contribution in [2.45, 2.75) is 44.7 Å². The second-order valence-corrected chi connectivity index (χ2v) is 8.05. The summed E-state index contributed by atoms with van der Waals surface area (Å²) in [7, 11) is 1.72. The SMILES string of the molecule is CCCC1CSC(c2cc3cc(OC)cc(NC4CCOCC4)c3[nH]2)=N1. The predicted octanol–water partition coefficient (Wildman–Crippen LogP) is 4.43. The van der Waals surface area contributed by atoms with E-state index in [1.165, 1.54) is 12.8 Å². The van der Waals surface area contributed by atoms with Crippen molar-refractivity contribution in [3.8, 4) is 5.75 Å². The van der Waals surface area contributed by atoms with Gasteiger partial charge in [0.2, 0.25) is 0 Å². The van der Waals surface area contributed by atoms with Crippen LogP contribution in [0.15, 0.2) is 23.2 Å². The van der Waals surface area contributed by atoms with E-state index in [1.54, 1.807) is 7.11 Å². The molecule has 0 spiro atoms. The fourth-order valence-corrected chi connectivity index (χ4v) is 4.75. The van der Waals surface area contributed by atoms with Crippen molar-refractivity contribution in [1.82, 2.24) is 4.98 Å². The number of aromatic amines is 1. The lowest BCUT2D eigenvalue weighted by atomic mass is 10.1. The van der Waals surface area contributed by atoms with Crippen LogP contribution in [0.25, 0.3) is 10.9 Å². The molecule has 2 aromatic rings. The number of nitrogens with one attached hydrogen (secondary N) is 2. The molecule has 0 amide bonds. The van der Waals surface area contributed by atoms with Crippen molar-refractivity contribution in [3.63, 3.8) is 0 Å². The number of fused-ring (bicyclic) bond motifs is 1. The Labute approximate surface area is 158 Å². The van der Waals surface area contributed by atoms with Gasteiger partial charge in [-0.2, -0.15) is 0 Å². The van der Waals surface area contributed by atoms with Crippen LogP contribution < -0.4 is 10.1 Å². The number of anilines is 1. The van der Waals surface area contributed by atoms with Gasteiger partial charge in [0.25, 0.3) is 0 Å².